The lowest BCUT2D eigenvalue weighted by Crippen LogP contribution is -2.48. The molecule has 7 aromatic carbocycles. The van der Waals surface area contributed by atoms with E-state index in [1.54, 1.807) is 15.9 Å². The highest BCUT2D eigenvalue weighted by atomic mass is 15.5. The van der Waals surface area contributed by atoms with Crippen LogP contribution in [-0.4, -0.2) is 15.0 Å². The number of hydrogen-bond acceptors (Lipinski definition) is 2. The fraction of sp³-hybridized carbons (Fsp3) is 0.333. The number of nitrogens with zero attached hydrogens (tertiary/aromatic N) is 3. The van der Waals surface area contributed by atoms with Crippen LogP contribution in [0.5, 0.6) is 0 Å². The van der Waals surface area contributed by atoms with Crippen LogP contribution in [0.4, 0.5) is 0 Å². The van der Waals surface area contributed by atoms with Crippen LogP contribution >= 0.6 is 0 Å². The summed E-state index contributed by atoms with van der Waals surface area (Å²) >= 11 is 0. The summed E-state index contributed by atoms with van der Waals surface area (Å²) in [6.07, 6.45) is 17.5. The van der Waals surface area contributed by atoms with Gasteiger partial charge in [0.05, 0.1) is 5.69 Å². The van der Waals surface area contributed by atoms with Gasteiger partial charge in [-0.1, -0.05) is 133 Å². The number of rotatable bonds is 7. The van der Waals surface area contributed by atoms with Gasteiger partial charge in [-0.05, 0) is 203 Å². The average Bonchev–Trinajstić information content (AvgIpc) is 3.76. The summed E-state index contributed by atoms with van der Waals surface area (Å²) < 4.78 is 0. The van der Waals surface area contributed by atoms with Gasteiger partial charge in [0.25, 0.3) is 0 Å². The van der Waals surface area contributed by atoms with E-state index in [-0.39, 0.29) is 0 Å². The Bertz CT molecular complexity index is 2950. The molecule has 310 valence electrons. The molecule has 8 fully saturated rings. The third-order valence-electron chi connectivity index (χ3n) is 17.6. The van der Waals surface area contributed by atoms with E-state index >= 15 is 0 Å². The second kappa shape index (κ2) is 13.8. The van der Waals surface area contributed by atoms with Crippen molar-refractivity contribution in [2.45, 2.75) is 87.9 Å². The smallest absolute Gasteiger partial charge is 0.121 e. The van der Waals surface area contributed by atoms with Crippen molar-refractivity contribution < 1.29 is 0 Å². The molecule has 0 amide bonds. The second-order valence-electron chi connectivity index (χ2n) is 21.6. The van der Waals surface area contributed by atoms with E-state index in [0.29, 0.717) is 10.8 Å². The predicted molar refractivity (Wildman–Crippen MR) is 258 cm³/mol. The number of benzene rings is 7. The van der Waals surface area contributed by atoms with Crippen LogP contribution in [0.15, 0.2) is 152 Å². The molecular weight excluding hydrogens is 763 g/mol. The maximum absolute atomic E-state index is 5.08. The van der Waals surface area contributed by atoms with Gasteiger partial charge in [-0.2, -0.15) is 4.80 Å². The summed E-state index contributed by atoms with van der Waals surface area (Å²) in [7, 11) is 0. The first-order valence-electron chi connectivity index (χ1n) is 24.3. The number of hydrogen-bond donors (Lipinski definition) is 0. The molecule has 8 aliphatic carbocycles. The van der Waals surface area contributed by atoms with Gasteiger partial charge in [-0.25, -0.2) is 0 Å². The highest BCUT2D eigenvalue weighted by Crippen LogP contribution is 2.62. The second-order valence-corrected chi connectivity index (χ2v) is 21.6. The zero-order valence-corrected chi connectivity index (χ0v) is 36.2. The van der Waals surface area contributed by atoms with E-state index in [2.05, 4.69) is 152 Å². The van der Waals surface area contributed by atoms with E-state index in [1.165, 1.54) is 127 Å². The van der Waals surface area contributed by atoms with E-state index < -0.39 is 0 Å². The molecule has 0 spiro atoms. The van der Waals surface area contributed by atoms with Crippen LogP contribution in [0.25, 0.3) is 72.0 Å². The van der Waals surface area contributed by atoms with Gasteiger partial charge in [0, 0.05) is 5.39 Å². The predicted octanol–water partition coefficient (Wildman–Crippen LogP) is 15.2. The van der Waals surface area contributed by atoms with Crippen molar-refractivity contribution in [3.8, 4) is 50.2 Å². The first-order valence-corrected chi connectivity index (χ1v) is 24.3. The van der Waals surface area contributed by atoms with Gasteiger partial charge in [0.1, 0.15) is 11.0 Å². The minimum Gasteiger partial charge on any atom is -0.150 e. The minimum atomic E-state index is 0.441. The summed E-state index contributed by atoms with van der Waals surface area (Å²) in [5, 5.41) is 12.5. The SMILES string of the molecule is c1ccc2c(c1)c(-c1ccc(-c3ccc(C45CC6CC(CC(C6)C4)C5)cc3)cc1)cc1nn(-c3ccc(-c4ccc(-c5ccc(C67CC8CC(CC(C8)C6)C7)cc5)cc4)cc3)nc12. The van der Waals surface area contributed by atoms with Crippen LogP contribution in [0, 0.1) is 35.5 Å². The molecule has 1 aromatic heterocycles. The van der Waals surface area contributed by atoms with Gasteiger partial charge in [0.2, 0.25) is 0 Å². The van der Waals surface area contributed by atoms with Gasteiger partial charge in [-0.3, -0.25) is 0 Å². The van der Waals surface area contributed by atoms with Crippen molar-refractivity contribution in [2.75, 3.05) is 0 Å². The quantitative estimate of drug-likeness (QED) is 0.160. The van der Waals surface area contributed by atoms with Crippen molar-refractivity contribution in [3.05, 3.63) is 163 Å². The maximum atomic E-state index is 5.08. The summed E-state index contributed by atoms with van der Waals surface area (Å²) in [6, 6.07) is 57.1. The van der Waals surface area contributed by atoms with Gasteiger partial charge < -0.3 is 0 Å². The average molecular weight is 818 g/mol. The van der Waals surface area contributed by atoms with E-state index in [4.69, 9.17) is 10.2 Å². The van der Waals surface area contributed by atoms with Crippen molar-refractivity contribution in [3.63, 3.8) is 0 Å². The Morgan fingerprint density at radius 1 is 0.365 bits per heavy atom. The molecule has 3 heteroatoms. The maximum Gasteiger partial charge on any atom is 0.121 e. The highest BCUT2D eigenvalue weighted by molar-refractivity contribution is 6.11. The molecule has 8 saturated carbocycles. The Kier molecular flexibility index (Phi) is 8.06. The first kappa shape index (κ1) is 36.7. The Balaban J connectivity index is 0.697. The van der Waals surface area contributed by atoms with Crippen LogP contribution in [-0.2, 0) is 10.8 Å². The van der Waals surface area contributed by atoms with Crippen molar-refractivity contribution in [1.29, 1.82) is 0 Å². The third-order valence-corrected chi connectivity index (χ3v) is 17.6. The Labute approximate surface area is 371 Å². The lowest BCUT2D eigenvalue weighted by atomic mass is 9.48. The summed E-state index contributed by atoms with van der Waals surface area (Å²) in [5.74, 6) is 5.82. The molecule has 1 heterocycles. The lowest BCUT2D eigenvalue weighted by Gasteiger charge is -2.57. The summed E-state index contributed by atoms with van der Waals surface area (Å²) in [4.78, 5) is 1.80. The number of aromatic nitrogens is 3. The monoisotopic (exact) mass is 817 g/mol. The fourth-order valence-corrected chi connectivity index (χ4v) is 15.5. The van der Waals surface area contributed by atoms with E-state index in [9.17, 15) is 0 Å². The molecule has 0 aliphatic heterocycles. The third kappa shape index (κ3) is 6.05. The van der Waals surface area contributed by atoms with Gasteiger partial charge in [0.15, 0.2) is 0 Å². The Hall–Kier alpha value is -5.80. The van der Waals surface area contributed by atoms with E-state index in [1.807, 2.05) is 0 Å². The van der Waals surface area contributed by atoms with Crippen LogP contribution < -0.4 is 0 Å². The molecule has 0 saturated heterocycles. The van der Waals surface area contributed by atoms with Crippen LogP contribution in [0.1, 0.15) is 88.2 Å². The molecule has 8 aliphatic rings. The zero-order chi connectivity index (χ0) is 41.3. The molecule has 0 atom stereocenters. The minimum absolute atomic E-state index is 0.441. The fourth-order valence-electron chi connectivity index (χ4n) is 15.5. The van der Waals surface area contributed by atoms with Crippen LogP contribution in [0.2, 0.25) is 0 Å². The van der Waals surface area contributed by atoms with Crippen molar-refractivity contribution in [2.24, 2.45) is 35.5 Å². The van der Waals surface area contributed by atoms with Gasteiger partial charge in [-0.15, -0.1) is 10.2 Å². The molecule has 0 N–H and O–H groups in total. The molecule has 0 radical (unpaired) electrons. The Morgan fingerprint density at radius 2 is 0.714 bits per heavy atom. The molecule has 8 bridgehead atoms. The standard InChI is InChI=1S/C60H55N3/c1-2-4-55-54(3-1)56(50-11-9-46(10-12-50)48-15-21-52(22-16-48)60-35-41-28-42(36-60)30-43(29-41)37-60)31-57-58(55)62-63(61-57)53-23-17-49(18-24-53)45-7-5-44(6-8-45)47-13-19-51(20-14-47)59-32-38-25-39(33-59)27-40(26-38)34-59/h1-24,31,38-43H,25-30,32-37H2. The van der Waals surface area contributed by atoms with Crippen molar-refractivity contribution >= 4 is 21.8 Å². The van der Waals surface area contributed by atoms with E-state index in [0.717, 1.165) is 57.6 Å². The van der Waals surface area contributed by atoms with Gasteiger partial charge >= 0.3 is 0 Å². The zero-order valence-electron chi connectivity index (χ0n) is 36.2. The van der Waals surface area contributed by atoms with Crippen LogP contribution in [0.3, 0.4) is 0 Å². The molecule has 16 rings (SSSR count). The summed E-state index contributed by atoms with van der Waals surface area (Å²) in [5.41, 5.74) is 16.8. The van der Waals surface area contributed by atoms with Crippen molar-refractivity contribution in [1.82, 2.24) is 15.0 Å². The topological polar surface area (TPSA) is 30.7 Å². The lowest BCUT2D eigenvalue weighted by molar-refractivity contribution is -0.00530. The largest absolute Gasteiger partial charge is 0.150 e. The normalized spacial score (nSPS) is 29.0. The molecular formula is C60H55N3. The highest BCUT2D eigenvalue weighted by Gasteiger charge is 2.52. The first-order chi connectivity index (χ1) is 31.0. The molecule has 8 aromatic rings. The summed E-state index contributed by atoms with van der Waals surface area (Å²) in [6.45, 7) is 0. The number of fused-ring (bicyclic) bond motifs is 3. The molecule has 3 nitrogen and oxygen atoms in total. The Morgan fingerprint density at radius 3 is 1.13 bits per heavy atom. The molecule has 0 unspecified atom stereocenters. The molecule has 63 heavy (non-hydrogen) atoms.